The van der Waals surface area contributed by atoms with E-state index in [-0.39, 0.29) is 17.4 Å². The lowest BCUT2D eigenvalue weighted by molar-refractivity contribution is -0.137. The number of carboxylic acid groups (broad SMARTS) is 1. The molecule has 0 aromatic heterocycles. The first-order chi connectivity index (χ1) is 11.6. The van der Waals surface area contributed by atoms with Gasteiger partial charge in [-0.05, 0) is 57.4 Å². The van der Waals surface area contributed by atoms with Crippen molar-refractivity contribution < 1.29 is 23.1 Å². The summed E-state index contributed by atoms with van der Waals surface area (Å²) in [5.74, 6) is -0.924. The average Bonchev–Trinajstić information content (AvgIpc) is 3.28. The van der Waals surface area contributed by atoms with Crippen molar-refractivity contribution in [1.82, 2.24) is 10.0 Å². The number of carboxylic acids is 1. The van der Waals surface area contributed by atoms with Gasteiger partial charge in [0.1, 0.15) is 0 Å². The third-order valence-electron chi connectivity index (χ3n) is 3.74. The van der Waals surface area contributed by atoms with Gasteiger partial charge in [-0.2, -0.15) is 0 Å². The van der Waals surface area contributed by atoms with E-state index in [1.165, 1.54) is 24.3 Å². The van der Waals surface area contributed by atoms with E-state index in [0.29, 0.717) is 12.1 Å². The zero-order chi connectivity index (χ0) is 18.7. The van der Waals surface area contributed by atoms with Crippen LogP contribution in [0, 0.1) is 0 Å². The molecule has 0 saturated heterocycles. The molecular formula is C16H23N3O5S. The SMILES string of the molecule is CC(C)(CCC(=O)O)NC(=O)Nc1ccc(S(=O)(=O)NC2CC2)cc1. The maximum absolute atomic E-state index is 12.1. The fraction of sp³-hybridized carbons (Fsp3) is 0.500. The van der Waals surface area contributed by atoms with Gasteiger partial charge in [0.05, 0.1) is 4.90 Å². The van der Waals surface area contributed by atoms with E-state index in [1.54, 1.807) is 13.8 Å². The Bertz CT molecular complexity index is 740. The van der Waals surface area contributed by atoms with Crippen molar-refractivity contribution in [1.29, 1.82) is 0 Å². The molecule has 8 nitrogen and oxygen atoms in total. The minimum atomic E-state index is -3.52. The summed E-state index contributed by atoms with van der Waals surface area (Å²) in [5, 5.41) is 14.0. The van der Waals surface area contributed by atoms with E-state index in [4.69, 9.17) is 5.11 Å². The monoisotopic (exact) mass is 369 g/mol. The zero-order valence-electron chi connectivity index (χ0n) is 14.2. The van der Waals surface area contributed by atoms with Crippen molar-refractivity contribution in [2.45, 2.75) is 56.0 Å². The van der Waals surface area contributed by atoms with Gasteiger partial charge in [-0.15, -0.1) is 0 Å². The second kappa shape index (κ2) is 7.40. The molecule has 1 aromatic carbocycles. The predicted octanol–water partition coefficient (Wildman–Crippen LogP) is 1.89. The number of rotatable bonds is 8. The molecule has 25 heavy (non-hydrogen) atoms. The van der Waals surface area contributed by atoms with E-state index in [1.807, 2.05) is 0 Å². The van der Waals surface area contributed by atoms with Crippen LogP contribution in [-0.4, -0.2) is 37.1 Å². The molecule has 2 rings (SSSR count). The van der Waals surface area contributed by atoms with Crippen LogP contribution in [0.25, 0.3) is 0 Å². The number of anilines is 1. The molecule has 2 amide bonds. The Hall–Kier alpha value is -2.13. The molecule has 0 spiro atoms. The largest absolute Gasteiger partial charge is 0.481 e. The molecule has 1 aliphatic rings. The molecule has 138 valence electrons. The highest BCUT2D eigenvalue weighted by Crippen LogP contribution is 2.23. The molecule has 9 heteroatoms. The molecule has 0 atom stereocenters. The smallest absolute Gasteiger partial charge is 0.319 e. The van der Waals surface area contributed by atoms with Crippen molar-refractivity contribution in [2.75, 3.05) is 5.32 Å². The van der Waals surface area contributed by atoms with Crippen LogP contribution in [0.1, 0.15) is 39.5 Å². The molecule has 0 bridgehead atoms. The maximum Gasteiger partial charge on any atom is 0.319 e. The highest BCUT2D eigenvalue weighted by Gasteiger charge is 2.28. The standard InChI is InChI=1S/C16H23N3O5S/c1-16(2,10-9-14(20)21)18-15(22)17-11-5-7-13(8-6-11)25(23,24)19-12-3-4-12/h5-8,12,19H,3-4,9-10H2,1-2H3,(H,20,21)(H2,17,18,22). The lowest BCUT2D eigenvalue weighted by Gasteiger charge is -2.25. The molecule has 0 unspecified atom stereocenters. The fourth-order valence-corrected chi connectivity index (χ4v) is 3.46. The van der Waals surface area contributed by atoms with E-state index in [0.717, 1.165) is 12.8 Å². The van der Waals surface area contributed by atoms with Crippen molar-refractivity contribution in [3.8, 4) is 0 Å². The molecule has 1 aromatic rings. The Kier molecular flexibility index (Phi) is 5.69. The van der Waals surface area contributed by atoms with Crippen LogP contribution in [0.4, 0.5) is 10.5 Å². The summed E-state index contributed by atoms with van der Waals surface area (Å²) in [6, 6.07) is 5.41. The van der Waals surface area contributed by atoms with Crippen LogP contribution < -0.4 is 15.4 Å². The minimum absolute atomic E-state index is 0.0293. The highest BCUT2D eigenvalue weighted by atomic mass is 32.2. The summed E-state index contributed by atoms with van der Waals surface area (Å²) in [5.41, 5.74) is -0.239. The van der Waals surface area contributed by atoms with Crippen LogP contribution >= 0.6 is 0 Å². The number of aliphatic carboxylic acids is 1. The van der Waals surface area contributed by atoms with Gasteiger partial charge in [0.15, 0.2) is 0 Å². The minimum Gasteiger partial charge on any atom is -0.481 e. The van der Waals surface area contributed by atoms with Gasteiger partial charge in [-0.3, -0.25) is 4.79 Å². The molecule has 0 radical (unpaired) electrons. The van der Waals surface area contributed by atoms with E-state index in [9.17, 15) is 18.0 Å². The normalized spacial score (nSPS) is 14.8. The van der Waals surface area contributed by atoms with Gasteiger partial charge in [0.25, 0.3) is 0 Å². The van der Waals surface area contributed by atoms with Crippen LogP contribution in [-0.2, 0) is 14.8 Å². The Morgan fingerprint density at radius 2 is 1.80 bits per heavy atom. The summed E-state index contributed by atoms with van der Waals surface area (Å²) >= 11 is 0. The number of sulfonamides is 1. The molecule has 1 saturated carbocycles. The number of benzene rings is 1. The summed E-state index contributed by atoms with van der Waals surface area (Å²) < 4.78 is 26.7. The first-order valence-corrected chi connectivity index (χ1v) is 9.49. The Balaban J connectivity index is 1.91. The van der Waals surface area contributed by atoms with Crippen molar-refractivity contribution in [2.24, 2.45) is 0 Å². The number of hydrogen-bond donors (Lipinski definition) is 4. The number of carbonyl (C=O) groups is 2. The summed E-state index contributed by atoms with van der Waals surface area (Å²) in [6.45, 7) is 3.46. The fourth-order valence-electron chi connectivity index (χ4n) is 2.16. The summed E-state index contributed by atoms with van der Waals surface area (Å²) in [4.78, 5) is 22.8. The lowest BCUT2D eigenvalue weighted by atomic mass is 9.99. The van der Waals surface area contributed by atoms with Gasteiger partial charge in [0, 0.05) is 23.7 Å². The van der Waals surface area contributed by atoms with Crippen molar-refractivity contribution in [3.05, 3.63) is 24.3 Å². The Morgan fingerprint density at radius 1 is 1.20 bits per heavy atom. The molecule has 0 heterocycles. The van der Waals surface area contributed by atoms with E-state index in [2.05, 4.69) is 15.4 Å². The molecular weight excluding hydrogens is 346 g/mol. The van der Waals surface area contributed by atoms with Crippen LogP contribution in [0.2, 0.25) is 0 Å². The quantitative estimate of drug-likeness (QED) is 0.557. The summed E-state index contributed by atoms with van der Waals surface area (Å²) in [7, 11) is -3.52. The second-order valence-corrected chi connectivity index (χ2v) is 8.49. The van der Waals surface area contributed by atoms with E-state index >= 15 is 0 Å². The van der Waals surface area contributed by atoms with Gasteiger partial charge in [-0.25, -0.2) is 17.9 Å². The molecule has 4 N–H and O–H groups in total. The first kappa shape index (κ1) is 19.2. The predicted molar refractivity (Wildman–Crippen MR) is 92.9 cm³/mol. The first-order valence-electron chi connectivity index (χ1n) is 8.01. The van der Waals surface area contributed by atoms with Gasteiger partial charge < -0.3 is 15.7 Å². The number of urea groups is 1. The zero-order valence-corrected chi connectivity index (χ0v) is 15.0. The second-order valence-electron chi connectivity index (χ2n) is 6.78. The average molecular weight is 369 g/mol. The van der Waals surface area contributed by atoms with E-state index < -0.39 is 27.6 Å². The summed E-state index contributed by atoms with van der Waals surface area (Å²) in [6.07, 6.45) is 1.96. The van der Waals surface area contributed by atoms with Gasteiger partial charge in [0.2, 0.25) is 10.0 Å². The van der Waals surface area contributed by atoms with Crippen molar-refractivity contribution in [3.63, 3.8) is 0 Å². The number of amides is 2. The number of nitrogens with one attached hydrogen (secondary N) is 3. The topological polar surface area (TPSA) is 125 Å². The number of hydrogen-bond acceptors (Lipinski definition) is 4. The Labute approximate surface area is 147 Å². The van der Waals surface area contributed by atoms with Gasteiger partial charge >= 0.3 is 12.0 Å². The molecule has 1 aliphatic carbocycles. The van der Waals surface area contributed by atoms with Crippen LogP contribution in [0.3, 0.4) is 0 Å². The highest BCUT2D eigenvalue weighted by molar-refractivity contribution is 7.89. The maximum atomic E-state index is 12.1. The van der Waals surface area contributed by atoms with Gasteiger partial charge in [-0.1, -0.05) is 0 Å². The van der Waals surface area contributed by atoms with Crippen LogP contribution in [0.5, 0.6) is 0 Å². The van der Waals surface area contributed by atoms with Crippen molar-refractivity contribution >= 4 is 27.7 Å². The van der Waals surface area contributed by atoms with Crippen LogP contribution in [0.15, 0.2) is 29.2 Å². The number of carbonyl (C=O) groups excluding carboxylic acids is 1. The third kappa shape index (κ3) is 6.35. The molecule has 1 fully saturated rings. The third-order valence-corrected chi connectivity index (χ3v) is 5.27. The molecule has 0 aliphatic heterocycles. The Morgan fingerprint density at radius 3 is 2.32 bits per heavy atom. The lowest BCUT2D eigenvalue weighted by Crippen LogP contribution is -2.45.